The summed E-state index contributed by atoms with van der Waals surface area (Å²) in [7, 11) is -3.44. The maximum Gasteiger partial charge on any atom is 0.252 e. The number of piperazine rings is 1. The van der Waals surface area contributed by atoms with Gasteiger partial charge in [0.1, 0.15) is 21.4 Å². The first-order valence-corrected chi connectivity index (χ1v) is 12.2. The molecule has 1 aliphatic rings. The Morgan fingerprint density at radius 2 is 1.87 bits per heavy atom. The van der Waals surface area contributed by atoms with Gasteiger partial charge in [-0.3, -0.25) is 9.47 Å². The van der Waals surface area contributed by atoms with Crippen LogP contribution < -0.4 is 0 Å². The van der Waals surface area contributed by atoms with Gasteiger partial charge >= 0.3 is 0 Å². The van der Waals surface area contributed by atoms with E-state index in [4.69, 9.17) is 4.98 Å². The quantitative estimate of drug-likeness (QED) is 0.461. The van der Waals surface area contributed by atoms with Gasteiger partial charge in [-0.1, -0.05) is 12.1 Å². The van der Waals surface area contributed by atoms with Gasteiger partial charge in [-0.15, -0.1) is 11.3 Å². The largest absolute Gasteiger partial charge is 0.293 e. The molecule has 0 aliphatic carbocycles. The Labute approximate surface area is 183 Å². The Kier molecular flexibility index (Phi) is 5.30. The van der Waals surface area contributed by atoms with Crippen LogP contribution in [-0.2, 0) is 16.6 Å². The van der Waals surface area contributed by atoms with Gasteiger partial charge in [0.2, 0.25) is 0 Å². The van der Waals surface area contributed by atoms with Crippen molar-refractivity contribution in [1.82, 2.24) is 23.7 Å². The van der Waals surface area contributed by atoms with Crippen molar-refractivity contribution in [3.8, 4) is 5.69 Å². The molecule has 1 aromatic carbocycles. The van der Waals surface area contributed by atoms with Crippen molar-refractivity contribution in [2.75, 3.05) is 26.2 Å². The van der Waals surface area contributed by atoms with Crippen LogP contribution in [0, 0.1) is 5.82 Å². The molecule has 0 radical (unpaired) electrons. The van der Waals surface area contributed by atoms with E-state index in [1.165, 1.54) is 27.8 Å². The third kappa shape index (κ3) is 3.87. The summed E-state index contributed by atoms with van der Waals surface area (Å²) in [6.45, 7) is 2.52. The lowest BCUT2D eigenvalue weighted by molar-refractivity contribution is 0.178. The number of thiophene rings is 1. The van der Waals surface area contributed by atoms with E-state index in [-0.39, 0.29) is 5.82 Å². The molecule has 0 bridgehead atoms. The van der Waals surface area contributed by atoms with Gasteiger partial charge in [-0.2, -0.15) is 4.31 Å². The number of aromatic nitrogens is 3. The molecule has 7 nitrogen and oxygen atoms in total. The highest BCUT2D eigenvalue weighted by molar-refractivity contribution is 7.91. The monoisotopic (exact) mass is 457 g/mol. The van der Waals surface area contributed by atoms with Gasteiger partial charge in [0.25, 0.3) is 10.0 Å². The summed E-state index contributed by atoms with van der Waals surface area (Å²) in [5.41, 5.74) is 2.07. The van der Waals surface area contributed by atoms with Crippen LogP contribution in [0.15, 0.2) is 64.3 Å². The summed E-state index contributed by atoms with van der Waals surface area (Å²) in [6, 6.07) is 13.5. The molecule has 1 fully saturated rings. The van der Waals surface area contributed by atoms with Crippen LogP contribution in [0.3, 0.4) is 0 Å². The number of nitrogens with zero attached hydrogens (tertiary/aromatic N) is 5. The molecule has 0 unspecified atom stereocenters. The predicted octanol–water partition coefficient (Wildman–Crippen LogP) is 3.13. The lowest BCUT2D eigenvalue weighted by atomic mass is 10.3. The van der Waals surface area contributed by atoms with E-state index in [2.05, 4.69) is 9.88 Å². The van der Waals surface area contributed by atoms with Crippen LogP contribution >= 0.6 is 11.3 Å². The second-order valence-electron chi connectivity index (χ2n) is 7.30. The summed E-state index contributed by atoms with van der Waals surface area (Å²) in [4.78, 5) is 11.3. The number of hydrogen-bond donors (Lipinski definition) is 0. The number of fused-ring (bicyclic) bond motifs is 1. The van der Waals surface area contributed by atoms with Crippen LogP contribution in [0.25, 0.3) is 16.9 Å². The van der Waals surface area contributed by atoms with Crippen molar-refractivity contribution >= 4 is 32.5 Å². The molecular formula is C21H20FN5O2S2. The number of rotatable bonds is 5. The van der Waals surface area contributed by atoms with Gasteiger partial charge in [0, 0.05) is 32.4 Å². The molecule has 1 aliphatic heterocycles. The number of hydrogen-bond acceptors (Lipinski definition) is 6. The molecule has 0 N–H and O–H groups in total. The van der Waals surface area contributed by atoms with E-state index >= 15 is 0 Å². The number of imidazole rings is 1. The fourth-order valence-corrected chi connectivity index (χ4v) is 6.38. The third-order valence-corrected chi connectivity index (χ3v) is 8.61. The van der Waals surface area contributed by atoms with Crippen molar-refractivity contribution in [1.29, 1.82) is 0 Å². The Morgan fingerprint density at radius 1 is 1.03 bits per heavy atom. The topological polar surface area (TPSA) is 71.3 Å². The molecule has 31 heavy (non-hydrogen) atoms. The maximum atomic E-state index is 13.9. The molecule has 3 aromatic heterocycles. The Hall–Kier alpha value is -2.66. The summed E-state index contributed by atoms with van der Waals surface area (Å²) >= 11 is 1.24. The minimum Gasteiger partial charge on any atom is -0.293 e. The Morgan fingerprint density at radius 3 is 2.61 bits per heavy atom. The average molecular weight is 458 g/mol. The third-order valence-electron chi connectivity index (χ3n) is 5.34. The lowest BCUT2D eigenvalue weighted by Crippen LogP contribution is -2.48. The van der Waals surface area contributed by atoms with Crippen molar-refractivity contribution < 1.29 is 12.8 Å². The molecule has 4 aromatic rings. The van der Waals surface area contributed by atoms with E-state index in [1.54, 1.807) is 29.8 Å². The molecule has 160 valence electrons. The van der Waals surface area contributed by atoms with Crippen molar-refractivity contribution in [2.24, 2.45) is 0 Å². The second-order valence-corrected chi connectivity index (χ2v) is 10.4. The van der Waals surface area contributed by atoms with E-state index < -0.39 is 10.0 Å². The molecule has 0 amide bonds. The van der Waals surface area contributed by atoms with Gasteiger partial charge in [0.15, 0.2) is 5.65 Å². The van der Waals surface area contributed by atoms with Crippen LogP contribution in [0.5, 0.6) is 0 Å². The van der Waals surface area contributed by atoms with Crippen LogP contribution in [-0.4, -0.2) is 58.3 Å². The van der Waals surface area contributed by atoms with Crippen molar-refractivity contribution in [3.63, 3.8) is 0 Å². The van der Waals surface area contributed by atoms with Gasteiger partial charge in [0.05, 0.1) is 12.2 Å². The number of benzene rings is 1. The highest BCUT2D eigenvalue weighted by atomic mass is 32.2. The maximum absolute atomic E-state index is 13.9. The molecule has 10 heteroatoms. The normalized spacial score (nSPS) is 16.2. The van der Waals surface area contributed by atoms with E-state index in [0.717, 1.165) is 11.3 Å². The van der Waals surface area contributed by atoms with E-state index in [0.29, 0.717) is 48.3 Å². The first-order chi connectivity index (χ1) is 15.0. The van der Waals surface area contributed by atoms with Gasteiger partial charge in [-0.25, -0.2) is 22.8 Å². The highest BCUT2D eigenvalue weighted by Gasteiger charge is 2.29. The zero-order valence-electron chi connectivity index (χ0n) is 16.6. The Balaban J connectivity index is 1.39. The van der Waals surface area contributed by atoms with Crippen molar-refractivity contribution in [2.45, 2.75) is 10.8 Å². The van der Waals surface area contributed by atoms with Crippen LogP contribution in [0.1, 0.15) is 5.82 Å². The van der Waals surface area contributed by atoms with Crippen LogP contribution in [0.4, 0.5) is 4.39 Å². The first-order valence-electron chi connectivity index (χ1n) is 9.87. The zero-order chi connectivity index (χ0) is 21.4. The molecule has 1 saturated heterocycles. The molecule has 5 rings (SSSR count). The minimum atomic E-state index is -3.44. The number of halogens is 1. The Bertz CT molecular complexity index is 1310. The molecule has 0 atom stereocenters. The summed E-state index contributed by atoms with van der Waals surface area (Å²) in [6.07, 6.45) is 1.69. The predicted molar refractivity (Wildman–Crippen MR) is 117 cm³/mol. The fourth-order valence-electron chi connectivity index (χ4n) is 3.82. The second kappa shape index (κ2) is 8.12. The molecular weight excluding hydrogens is 437 g/mol. The summed E-state index contributed by atoms with van der Waals surface area (Å²) in [5, 5.41) is 1.77. The van der Waals surface area contributed by atoms with Crippen LogP contribution in [0.2, 0.25) is 0 Å². The fraction of sp³-hybridized carbons (Fsp3) is 0.238. The zero-order valence-corrected chi connectivity index (χ0v) is 18.2. The summed E-state index contributed by atoms with van der Waals surface area (Å²) < 4.78 is 43.2. The summed E-state index contributed by atoms with van der Waals surface area (Å²) in [5.74, 6) is 0.419. The highest BCUT2D eigenvalue weighted by Crippen LogP contribution is 2.24. The average Bonchev–Trinajstić information content (AvgIpc) is 3.43. The van der Waals surface area contributed by atoms with E-state index in [9.17, 15) is 12.8 Å². The minimum absolute atomic E-state index is 0.325. The molecule has 0 spiro atoms. The molecule has 4 heterocycles. The first kappa shape index (κ1) is 20.3. The number of sulfonamides is 1. The van der Waals surface area contributed by atoms with Gasteiger partial charge < -0.3 is 0 Å². The van der Waals surface area contributed by atoms with Crippen molar-refractivity contribution in [3.05, 3.63) is 71.7 Å². The van der Waals surface area contributed by atoms with Gasteiger partial charge in [-0.05, 0) is 41.8 Å². The SMILES string of the molecule is O=S(=O)(c1cccs1)N1CCN(Cc2nc3cccnc3n2-c2cccc(F)c2)CC1. The lowest BCUT2D eigenvalue weighted by Gasteiger charge is -2.33. The smallest absolute Gasteiger partial charge is 0.252 e. The molecule has 0 saturated carbocycles. The standard InChI is InChI=1S/C21H20FN5O2S2/c22-16-4-1-5-17(14-16)27-19(24-18-6-2-8-23-21(18)27)15-25-9-11-26(12-10-25)31(28,29)20-7-3-13-30-20/h1-8,13-14H,9-12,15H2. The number of pyridine rings is 1. The van der Waals surface area contributed by atoms with E-state index in [1.807, 2.05) is 22.8 Å².